The third-order valence-electron chi connectivity index (χ3n) is 5.74. The van der Waals surface area contributed by atoms with Crippen LogP contribution in [0.15, 0.2) is 54.2 Å². The lowest BCUT2D eigenvalue weighted by Crippen LogP contribution is -2.56. The van der Waals surface area contributed by atoms with E-state index in [0.717, 1.165) is 6.07 Å². The van der Waals surface area contributed by atoms with Crippen molar-refractivity contribution in [1.82, 2.24) is 15.5 Å². The number of likely N-dealkylation sites (N-methyl/N-ethyl adjacent to an activating group) is 1. The average molecular weight is 519 g/mol. The first-order valence-electron chi connectivity index (χ1n) is 11.0. The molecule has 3 N–H and O–H groups in total. The number of alkyl halides is 3. The van der Waals surface area contributed by atoms with Crippen LogP contribution in [0.2, 0.25) is 0 Å². The molecule has 0 aliphatic carbocycles. The Morgan fingerprint density at radius 1 is 1.14 bits per heavy atom. The van der Waals surface area contributed by atoms with Gasteiger partial charge in [0.25, 0.3) is 5.91 Å². The number of carboxylic acid groups (broad SMARTS) is 1. The molecule has 0 radical (unpaired) electrons. The first kappa shape index (κ1) is 27.2. The topological polar surface area (TPSA) is 125 Å². The van der Waals surface area contributed by atoms with Crippen LogP contribution < -0.4 is 15.4 Å². The van der Waals surface area contributed by atoms with Gasteiger partial charge in [0.15, 0.2) is 11.8 Å². The molecule has 37 heavy (non-hydrogen) atoms. The molecule has 0 fully saturated rings. The van der Waals surface area contributed by atoms with Crippen molar-refractivity contribution in [3.63, 3.8) is 0 Å². The van der Waals surface area contributed by atoms with Gasteiger partial charge in [-0.3, -0.25) is 14.4 Å². The number of benzene rings is 2. The van der Waals surface area contributed by atoms with Crippen molar-refractivity contribution in [3.05, 3.63) is 65.4 Å². The average Bonchev–Trinajstić information content (AvgIpc) is 2.79. The molecular formula is C25H24F3N3O6. The molecule has 0 spiro atoms. The number of ketones is 1. The van der Waals surface area contributed by atoms with Crippen molar-refractivity contribution in [2.24, 2.45) is 0 Å². The second-order valence-electron chi connectivity index (χ2n) is 8.44. The van der Waals surface area contributed by atoms with Crippen LogP contribution in [-0.2, 0) is 14.4 Å². The second-order valence-corrected chi connectivity index (χ2v) is 8.44. The van der Waals surface area contributed by atoms with E-state index in [2.05, 4.69) is 15.4 Å². The highest BCUT2D eigenvalue weighted by Gasteiger charge is 2.35. The summed E-state index contributed by atoms with van der Waals surface area (Å²) in [6.45, 7) is 3.28. The largest absolute Gasteiger partial charge is 0.573 e. The maximum atomic E-state index is 12.7. The van der Waals surface area contributed by atoms with Gasteiger partial charge in [-0.1, -0.05) is 24.3 Å². The Morgan fingerprint density at radius 3 is 2.49 bits per heavy atom. The molecule has 1 aliphatic heterocycles. The van der Waals surface area contributed by atoms with Gasteiger partial charge in [0.1, 0.15) is 5.75 Å². The molecule has 2 aromatic rings. The summed E-state index contributed by atoms with van der Waals surface area (Å²) < 4.78 is 41.9. The van der Waals surface area contributed by atoms with E-state index in [1.807, 2.05) is 0 Å². The molecule has 0 aromatic heterocycles. The number of nitrogens with zero attached hydrogens (tertiary/aromatic N) is 1. The number of aliphatic carboxylic acids is 1. The van der Waals surface area contributed by atoms with Crippen molar-refractivity contribution in [2.75, 3.05) is 7.05 Å². The molecule has 1 aliphatic rings. The van der Waals surface area contributed by atoms with Gasteiger partial charge in [-0.2, -0.15) is 0 Å². The number of carbonyl (C=O) groups excluding carboxylic acids is 3. The van der Waals surface area contributed by atoms with Gasteiger partial charge in [0, 0.05) is 18.8 Å². The van der Waals surface area contributed by atoms with Crippen LogP contribution in [0.3, 0.4) is 0 Å². The summed E-state index contributed by atoms with van der Waals surface area (Å²) in [6.07, 6.45) is -4.20. The summed E-state index contributed by atoms with van der Waals surface area (Å²) >= 11 is 0. The molecule has 2 unspecified atom stereocenters. The van der Waals surface area contributed by atoms with Crippen LogP contribution in [-0.4, -0.2) is 53.1 Å². The summed E-state index contributed by atoms with van der Waals surface area (Å²) in [5.74, 6) is -2.93. The summed E-state index contributed by atoms with van der Waals surface area (Å²) in [5.41, 5.74) is 2.30. The van der Waals surface area contributed by atoms with Crippen molar-refractivity contribution >= 4 is 23.7 Å². The zero-order valence-corrected chi connectivity index (χ0v) is 20.1. The number of allylic oxidation sites excluding steroid dienone is 1. The first-order valence-corrected chi connectivity index (χ1v) is 11.0. The quantitative estimate of drug-likeness (QED) is 0.480. The summed E-state index contributed by atoms with van der Waals surface area (Å²) in [7, 11) is 1.45. The highest BCUT2D eigenvalue weighted by atomic mass is 19.4. The molecule has 2 aromatic carbocycles. The lowest BCUT2D eigenvalue weighted by Gasteiger charge is -2.28. The number of hydrogen-bond donors (Lipinski definition) is 3. The van der Waals surface area contributed by atoms with Crippen molar-refractivity contribution in [1.29, 1.82) is 0 Å². The zero-order chi connectivity index (χ0) is 27.5. The third kappa shape index (κ3) is 6.87. The SMILES string of the molecule is CC1=CC(=O)C(NC(=O)NC(CC(=O)O)c2ccc(C)c(-c3cccc(OC(F)(F)F)c3)c2)C(=O)N1C. The minimum absolute atomic E-state index is 0.342. The van der Waals surface area contributed by atoms with Gasteiger partial charge in [0.05, 0.1) is 12.5 Å². The molecular weight excluding hydrogens is 495 g/mol. The number of amides is 3. The van der Waals surface area contributed by atoms with Crippen LogP contribution >= 0.6 is 0 Å². The fourth-order valence-corrected chi connectivity index (χ4v) is 3.79. The van der Waals surface area contributed by atoms with E-state index in [0.29, 0.717) is 28.0 Å². The summed E-state index contributed by atoms with van der Waals surface area (Å²) in [5, 5.41) is 14.1. The Hall–Kier alpha value is -4.35. The van der Waals surface area contributed by atoms with Crippen LogP contribution in [0, 0.1) is 6.92 Å². The number of aryl methyl sites for hydroxylation is 1. The maximum absolute atomic E-state index is 12.7. The minimum Gasteiger partial charge on any atom is -0.481 e. The molecule has 0 saturated heterocycles. The number of rotatable bonds is 7. The highest BCUT2D eigenvalue weighted by molar-refractivity contribution is 6.15. The molecule has 0 bridgehead atoms. The lowest BCUT2D eigenvalue weighted by molar-refractivity contribution is -0.274. The number of ether oxygens (including phenoxy) is 1. The van der Waals surface area contributed by atoms with Crippen LogP contribution in [0.5, 0.6) is 5.75 Å². The van der Waals surface area contributed by atoms with Gasteiger partial charge < -0.3 is 25.4 Å². The number of carbonyl (C=O) groups is 4. The number of hydrogen-bond acceptors (Lipinski definition) is 5. The van der Waals surface area contributed by atoms with E-state index in [1.165, 1.54) is 30.2 Å². The predicted octanol–water partition coefficient (Wildman–Crippen LogP) is 3.69. The van der Waals surface area contributed by atoms with E-state index < -0.39 is 54.3 Å². The third-order valence-corrected chi connectivity index (χ3v) is 5.74. The standard InChI is InChI=1S/C25H24F3N3O6/c1-13-7-8-16(11-18(13)15-5-4-6-17(10-15)37-25(26,27)28)19(12-21(33)34)29-24(36)30-22-20(32)9-14(2)31(3)23(22)35/h4-11,19,22H,12H2,1-3H3,(H,33,34)(H2,29,30,36). The lowest BCUT2D eigenvalue weighted by atomic mass is 9.94. The Morgan fingerprint density at radius 2 is 1.84 bits per heavy atom. The number of carboxylic acids is 1. The summed E-state index contributed by atoms with van der Waals surface area (Å²) in [4.78, 5) is 50.1. The van der Waals surface area contributed by atoms with Crippen molar-refractivity contribution in [2.45, 2.75) is 38.7 Å². The van der Waals surface area contributed by atoms with E-state index in [4.69, 9.17) is 0 Å². The molecule has 3 amide bonds. The van der Waals surface area contributed by atoms with E-state index in [-0.39, 0.29) is 0 Å². The Bertz CT molecular complexity index is 1270. The zero-order valence-electron chi connectivity index (χ0n) is 20.1. The van der Waals surface area contributed by atoms with Crippen LogP contribution in [0.25, 0.3) is 11.1 Å². The normalized spacial score (nSPS) is 16.6. The molecule has 2 atom stereocenters. The van der Waals surface area contributed by atoms with Gasteiger partial charge in [-0.25, -0.2) is 4.79 Å². The van der Waals surface area contributed by atoms with Crippen LogP contribution in [0.1, 0.15) is 30.5 Å². The smallest absolute Gasteiger partial charge is 0.481 e. The molecule has 0 saturated carbocycles. The van der Waals surface area contributed by atoms with Gasteiger partial charge in [-0.15, -0.1) is 13.2 Å². The Balaban J connectivity index is 1.87. The van der Waals surface area contributed by atoms with Gasteiger partial charge in [0.2, 0.25) is 0 Å². The van der Waals surface area contributed by atoms with E-state index in [1.54, 1.807) is 38.1 Å². The van der Waals surface area contributed by atoms with Crippen LogP contribution in [0.4, 0.5) is 18.0 Å². The molecule has 3 rings (SSSR count). The first-order chi connectivity index (χ1) is 17.2. The number of halogens is 3. The van der Waals surface area contributed by atoms with Crippen molar-refractivity contribution < 1.29 is 42.2 Å². The van der Waals surface area contributed by atoms with E-state index in [9.17, 15) is 37.5 Å². The highest BCUT2D eigenvalue weighted by Crippen LogP contribution is 2.32. The molecule has 9 nitrogen and oxygen atoms in total. The summed E-state index contributed by atoms with van der Waals surface area (Å²) in [6, 6.07) is 6.54. The predicted molar refractivity (Wildman–Crippen MR) is 125 cm³/mol. The fraction of sp³-hybridized carbons (Fsp3) is 0.280. The number of urea groups is 1. The Kier molecular flexibility index (Phi) is 7.90. The fourth-order valence-electron chi connectivity index (χ4n) is 3.79. The monoisotopic (exact) mass is 519 g/mol. The van der Waals surface area contributed by atoms with Crippen molar-refractivity contribution in [3.8, 4) is 16.9 Å². The molecule has 12 heteroatoms. The molecule has 196 valence electrons. The molecule has 1 heterocycles. The number of nitrogens with one attached hydrogen (secondary N) is 2. The van der Waals surface area contributed by atoms with Gasteiger partial charge in [-0.05, 0) is 54.3 Å². The maximum Gasteiger partial charge on any atom is 0.573 e. The second kappa shape index (κ2) is 10.7. The van der Waals surface area contributed by atoms with Gasteiger partial charge >= 0.3 is 18.4 Å². The minimum atomic E-state index is -4.87. The van der Waals surface area contributed by atoms with E-state index >= 15 is 0 Å². The Labute approximate surface area is 209 Å².